The summed E-state index contributed by atoms with van der Waals surface area (Å²) in [6, 6.07) is 15.8. The number of nitrogen functional groups attached to an aromatic ring is 1. The van der Waals surface area contributed by atoms with Crippen LogP contribution in [0.2, 0.25) is 0 Å². The Labute approximate surface area is 246 Å². The molecule has 42 heavy (non-hydrogen) atoms. The van der Waals surface area contributed by atoms with Crippen LogP contribution in [0.15, 0.2) is 54.7 Å². The summed E-state index contributed by atoms with van der Waals surface area (Å²) in [6.07, 6.45) is 7.43. The van der Waals surface area contributed by atoms with Gasteiger partial charge in [-0.25, -0.2) is 27.8 Å². The Kier molecular flexibility index (Phi) is 8.13. The average molecular weight is 591 g/mol. The average Bonchev–Trinajstić information content (AvgIpc) is 3.42. The first-order valence-corrected chi connectivity index (χ1v) is 16.4. The van der Waals surface area contributed by atoms with E-state index in [9.17, 15) is 8.42 Å². The zero-order valence-electron chi connectivity index (χ0n) is 24.1. The van der Waals surface area contributed by atoms with Gasteiger partial charge in [0.05, 0.1) is 23.9 Å². The molecule has 1 saturated carbocycles. The molecule has 2 fully saturated rings. The van der Waals surface area contributed by atoms with Crippen molar-refractivity contribution in [3.8, 4) is 22.9 Å². The molecule has 222 valence electrons. The molecule has 3 N–H and O–H groups in total. The van der Waals surface area contributed by atoms with Crippen LogP contribution >= 0.6 is 0 Å². The maximum absolute atomic E-state index is 11.3. The summed E-state index contributed by atoms with van der Waals surface area (Å²) in [7, 11) is -1.04. The van der Waals surface area contributed by atoms with Gasteiger partial charge in [-0.15, -0.1) is 0 Å². The van der Waals surface area contributed by atoms with Crippen molar-refractivity contribution in [1.82, 2.24) is 34.3 Å². The van der Waals surface area contributed by atoms with Crippen molar-refractivity contribution in [2.24, 2.45) is 0 Å². The van der Waals surface area contributed by atoms with E-state index in [4.69, 9.17) is 20.6 Å². The van der Waals surface area contributed by atoms with Crippen molar-refractivity contribution in [3.63, 3.8) is 0 Å². The van der Waals surface area contributed by atoms with E-state index in [0.717, 1.165) is 67.4 Å². The standard InChI is InChI=1S/C30H38N8O3S/c1-36-15-17-37(18-16-36)23-7-9-24(10-8-23)38-30-27(20-32-38)28(31)34-29(35-30)22-5-13-26(14-6-22)41-25-11-3-21(4-12-25)19-33-42(2,39)40/h3-6,11-14,20,23-24,33H,7-10,15-19H2,1-2H3,(H2,31,34,35). The number of likely N-dealkylation sites (N-methyl/N-ethyl adjacent to an activating group) is 1. The highest BCUT2D eigenvalue weighted by molar-refractivity contribution is 7.88. The summed E-state index contributed by atoms with van der Waals surface area (Å²) < 4.78 is 33.1. The molecule has 2 aromatic heterocycles. The second kappa shape index (κ2) is 12.0. The number of nitrogens with two attached hydrogens (primary N) is 1. The van der Waals surface area contributed by atoms with Crippen LogP contribution in [0.25, 0.3) is 22.4 Å². The van der Waals surface area contributed by atoms with Crippen molar-refractivity contribution in [2.75, 3.05) is 45.2 Å². The van der Waals surface area contributed by atoms with Crippen molar-refractivity contribution < 1.29 is 13.2 Å². The Morgan fingerprint density at radius 1 is 0.905 bits per heavy atom. The fourth-order valence-electron chi connectivity index (χ4n) is 5.90. The van der Waals surface area contributed by atoms with E-state index in [1.54, 1.807) is 6.20 Å². The van der Waals surface area contributed by atoms with Gasteiger partial charge in [0.1, 0.15) is 17.3 Å². The quantitative estimate of drug-likeness (QED) is 0.316. The highest BCUT2D eigenvalue weighted by atomic mass is 32.2. The first-order chi connectivity index (χ1) is 20.2. The zero-order valence-corrected chi connectivity index (χ0v) is 24.9. The fraction of sp³-hybridized carbons (Fsp3) is 0.433. The number of aromatic nitrogens is 4. The van der Waals surface area contributed by atoms with E-state index >= 15 is 0 Å². The van der Waals surface area contributed by atoms with Crippen LogP contribution < -0.4 is 15.2 Å². The number of nitrogens with one attached hydrogen (secondary N) is 1. The minimum absolute atomic E-state index is 0.234. The molecule has 1 aliphatic heterocycles. The molecule has 1 aliphatic carbocycles. The summed E-state index contributed by atoms with van der Waals surface area (Å²) >= 11 is 0. The predicted molar refractivity (Wildman–Crippen MR) is 164 cm³/mol. The minimum Gasteiger partial charge on any atom is -0.457 e. The fourth-order valence-corrected chi connectivity index (χ4v) is 6.33. The molecule has 0 atom stereocenters. The second-order valence-corrected chi connectivity index (χ2v) is 13.3. The molecule has 12 heteroatoms. The van der Waals surface area contributed by atoms with Gasteiger partial charge in [0, 0.05) is 44.3 Å². The maximum Gasteiger partial charge on any atom is 0.209 e. The van der Waals surface area contributed by atoms with Gasteiger partial charge in [-0.2, -0.15) is 5.10 Å². The number of sulfonamides is 1. The van der Waals surface area contributed by atoms with E-state index in [-0.39, 0.29) is 6.54 Å². The molecule has 0 unspecified atom stereocenters. The van der Waals surface area contributed by atoms with Crippen molar-refractivity contribution in [3.05, 3.63) is 60.3 Å². The van der Waals surface area contributed by atoms with Gasteiger partial charge in [0.25, 0.3) is 0 Å². The SMILES string of the molecule is CN1CCN(C2CCC(n3ncc4c(N)nc(-c5ccc(Oc6ccc(CNS(C)(=O)=O)cc6)cc5)nc43)CC2)CC1. The van der Waals surface area contributed by atoms with Crippen LogP contribution in [-0.4, -0.2) is 83.5 Å². The van der Waals surface area contributed by atoms with Gasteiger partial charge in [-0.05, 0) is 74.7 Å². The van der Waals surface area contributed by atoms with E-state index in [1.165, 1.54) is 12.8 Å². The molecule has 2 aliphatic rings. The van der Waals surface area contributed by atoms with Crippen LogP contribution in [0.5, 0.6) is 11.5 Å². The first-order valence-electron chi connectivity index (χ1n) is 14.5. The summed E-state index contributed by atoms with van der Waals surface area (Å²) in [5, 5.41) is 5.50. The molecule has 1 saturated heterocycles. The summed E-state index contributed by atoms with van der Waals surface area (Å²) in [5.74, 6) is 2.30. The van der Waals surface area contributed by atoms with Crippen LogP contribution in [0, 0.1) is 0 Å². The normalized spacial score (nSPS) is 20.6. The number of benzene rings is 2. The van der Waals surface area contributed by atoms with E-state index in [1.807, 2.05) is 48.5 Å². The van der Waals surface area contributed by atoms with E-state index in [0.29, 0.717) is 35.2 Å². The van der Waals surface area contributed by atoms with Crippen LogP contribution in [0.1, 0.15) is 37.3 Å². The molecule has 0 amide bonds. The number of nitrogens with zero attached hydrogens (tertiary/aromatic N) is 6. The molecule has 2 aromatic carbocycles. The molecule has 6 rings (SSSR count). The molecule has 3 heterocycles. The summed E-state index contributed by atoms with van der Waals surface area (Å²) in [4.78, 5) is 14.6. The Hall–Kier alpha value is -3.58. The highest BCUT2D eigenvalue weighted by Gasteiger charge is 2.29. The Bertz CT molecular complexity index is 1620. The summed E-state index contributed by atoms with van der Waals surface area (Å²) in [5.41, 5.74) is 8.84. The highest BCUT2D eigenvalue weighted by Crippen LogP contribution is 2.34. The third-order valence-electron chi connectivity index (χ3n) is 8.36. The number of hydrogen-bond acceptors (Lipinski definition) is 9. The van der Waals surface area contributed by atoms with Gasteiger partial charge in [0.2, 0.25) is 10.0 Å². The maximum atomic E-state index is 11.3. The smallest absolute Gasteiger partial charge is 0.209 e. The number of piperazine rings is 1. The Balaban J connectivity index is 1.13. The second-order valence-electron chi connectivity index (χ2n) is 11.4. The van der Waals surface area contributed by atoms with Crippen molar-refractivity contribution >= 4 is 26.9 Å². The third-order valence-corrected chi connectivity index (χ3v) is 9.03. The molecule has 0 bridgehead atoms. The van der Waals surface area contributed by atoms with Crippen molar-refractivity contribution in [1.29, 1.82) is 0 Å². The van der Waals surface area contributed by atoms with Crippen LogP contribution in [0.3, 0.4) is 0 Å². The minimum atomic E-state index is -3.24. The van der Waals surface area contributed by atoms with Crippen LogP contribution in [-0.2, 0) is 16.6 Å². The number of ether oxygens (including phenoxy) is 1. The topological polar surface area (TPSA) is 132 Å². The Morgan fingerprint density at radius 3 is 2.17 bits per heavy atom. The van der Waals surface area contributed by atoms with E-state index in [2.05, 4.69) is 31.2 Å². The largest absolute Gasteiger partial charge is 0.457 e. The lowest BCUT2D eigenvalue weighted by Gasteiger charge is -2.41. The molecule has 4 aromatic rings. The zero-order chi connectivity index (χ0) is 29.3. The van der Waals surface area contributed by atoms with E-state index < -0.39 is 10.0 Å². The third kappa shape index (κ3) is 6.57. The number of rotatable bonds is 8. The Morgan fingerprint density at radius 2 is 1.52 bits per heavy atom. The molecular weight excluding hydrogens is 552 g/mol. The van der Waals surface area contributed by atoms with Gasteiger partial charge in [0.15, 0.2) is 11.5 Å². The molecule has 0 spiro atoms. The number of anilines is 1. The number of fused-ring (bicyclic) bond motifs is 1. The van der Waals surface area contributed by atoms with Gasteiger partial charge < -0.3 is 15.4 Å². The molecule has 0 radical (unpaired) electrons. The first kappa shape index (κ1) is 28.5. The number of hydrogen-bond donors (Lipinski definition) is 2. The predicted octanol–water partition coefficient (Wildman–Crippen LogP) is 3.65. The van der Waals surface area contributed by atoms with Gasteiger partial charge >= 0.3 is 0 Å². The van der Waals surface area contributed by atoms with Crippen molar-refractivity contribution in [2.45, 2.75) is 44.3 Å². The summed E-state index contributed by atoms with van der Waals surface area (Å²) in [6.45, 7) is 4.85. The lowest BCUT2D eigenvalue weighted by Crippen LogP contribution is -2.49. The lowest BCUT2D eigenvalue weighted by atomic mass is 9.90. The monoisotopic (exact) mass is 590 g/mol. The molecule has 11 nitrogen and oxygen atoms in total. The lowest BCUT2D eigenvalue weighted by molar-refractivity contribution is 0.0815. The molecular formula is C30H38N8O3S. The van der Waals surface area contributed by atoms with Crippen LogP contribution in [0.4, 0.5) is 5.82 Å². The van der Waals surface area contributed by atoms with Gasteiger partial charge in [-0.3, -0.25) is 4.90 Å². The van der Waals surface area contributed by atoms with Gasteiger partial charge in [-0.1, -0.05) is 12.1 Å².